The fourth-order valence-corrected chi connectivity index (χ4v) is 1.11. The first-order valence-corrected chi connectivity index (χ1v) is 5.37. The van der Waals surface area contributed by atoms with Crippen molar-refractivity contribution in [2.75, 3.05) is 0 Å². The monoisotopic (exact) mass is 238 g/mol. The van der Waals surface area contributed by atoms with Crippen LogP contribution >= 0.6 is 0 Å². The van der Waals surface area contributed by atoms with E-state index < -0.39 is 0 Å². The van der Waals surface area contributed by atoms with Crippen molar-refractivity contribution in [3.8, 4) is 6.19 Å². The molecule has 0 aromatic heterocycles. The van der Waals surface area contributed by atoms with E-state index in [2.05, 4.69) is 10.3 Å². The fourth-order valence-electron chi connectivity index (χ4n) is 1.11. The van der Waals surface area contributed by atoms with Crippen molar-refractivity contribution < 1.29 is 0 Å². The van der Waals surface area contributed by atoms with Crippen LogP contribution < -0.4 is 11.1 Å². The molecule has 1 aliphatic carbocycles. The van der Waals surface area contributed by atoms with Gasteiger partial charge in [0.15, 0.2) is 6.19 Å². The first kappa shape index (κ1) is 13.3. The number of nitriles is 1. The van der Waals surface area contributed by atoms with E-state index in [9.17, 15) is 0 Å². The van der Waals surface area contributed by atoms with Crippen molar-refractivity contribution in [2.45, 2.75) is 0 Å². The Morgan fingerprint density at radius 2 is 1.56 bits per heavy atom. The number of nitrogens with two attached hydrogens (primary N) is 1. The SMILES string of the molecule is N#CNC(N)=NC1=C\C=C/C=C\C=C/C=C\C=C1. The van der Waals surface area contributed by atoms with E-state index in [1.54, 1.807) is 18.3 Å². The third-order valence-electron chi connectivity index (χ3n) is 1.86. The summed E-state index contributed by atoms with van der Waals surface area (Å²) >= 11 is 0. The summed E-state index contributed by atoms with van der Waals surface area (Å²) in [5.41, 5.74) is 6.15. The van der Waals surface area contributed by atoms with E-state index in [0.717, 1.165) is 0 Å². The standard InChI is InChI=1S/C14H14N4/c15-12-17-14(16)18-13-10-8-6-4-2-1-3-5-7-9-11-13/h1-11H,(H3,16,17,18)/b2-1-,3-1?,4-2?,5-3-,6-4-,7-5?,8-6?,9-7-,10-8?,11-9?,13-10?,13-11?. The fraction of sp³-hybridized carbons (Fsp3) is 0. The molecule has 0 fully saturated rings. The lowest BCUT2D eigenvalue weighted by atomic mass is 10.3. The molecule has 0 saturated heterocycles. The molecule has 1 aliphatic rings. The molecule has 0 spiro atoms. The summed E-state index contributed by atoms with van der Waals surface area (Å²) in [7, 11) is 0. The summed E-state index contributed by atoms with van der Waals surface area (Å²) in [6.45, 7) is 0. The number of rotatable bonds is 1. The van der Waals surface area contributed by atoms with Crippen LogP contribution in [0.15, 0.2) is 77.5 Å². The van der Waals surface area contributed by atoms with E-state index in [-0.39, 0.29) is 5.96 Å². The summed E-state index contributed by atoms with van der Waals surface area (Å²) in [6, 6.07) is 0. The van der Waals surface area contributed by atoms with Crippen LogP contribution in [0.1, 0.15) is 0 Å². The van der Waals surface area contributed by atoms with Crippen LogP contribution in [-0.4, -0.2) is 5.96 Å². The molecule has 0 unspecified atom stereocenters. The number of nitrogens with zero attached hydrogens (tertiary/aromatic N) is 2. The predicted molar refractivity (Wildman–Crippen MR) is 74.2 cm³/mol. The Morgan fingerprint density at radius 3 is 2.17 bits per heavy atom. The van der Waals surface area contributed by atoms with Gasteiger partial charge in [0.1, 0.15) is 0 Å². The zero-order valence-electron chi connectivity index (χ0n) is 9.82. The van der Waals surface area contributed by atoms with Crippen LogP contribution in [0.2, 0.25) is 0 Å². The Morgan fingerprint density at radius 1 is 1.00 bits per heavy atom. The molecular formula is C14H14N4. The van der Waals surface area contributed by atoms with Crippen LogP contribution in [0.25, 0.3) is 0 Å². The molecule has 4 nitrogen and oxygen atoms in total. The molecule has 18 heavy (non-hydrogen) atoms. The number of guanidine groups is 1. The van der Waals surface area contributed by atoms with Crippen LogP contribution in [0, 0.1) is 11.5 Å². The summed E-state index contributed by atoms with van der Waals surface area (Å²) in [4.78, 5) is 4.06. The van der Waals surface area contributed by atoms with Gasteiger partial charge in [0.25, 0.3) is 0 Å². The highest BCUT2D eigenvalue weighted by Crippen LogP contribution is 2.01. The van der Waals surface area contributed by atoms with Crippen molar-refractivity contribution in [2.24, 2.45) is 10.7 Å². The minimum Gasteiger partial charge on any atom is -0.369 e. The summed E-state index contributed by atoms with van der Waals surface area (Å²) in [6.07, 6.45) is 22.4. The van der Waals surface area contributed by atoms with E-state index in [0.29, 0.717) is 5.70 Å². The second kappa shape index (κ2) is 8.36. The van der Waals surface area contributed by atoms with Crippen molar-refractivity contribution in [3.63, 3.8) is 0 Å². The molecule has 90 valence electrons. The number of hydrogen-bond acceptors (Lipinski definition) is 2. The molecule has 0 atom stereocenters. The maximum Gasteiger partial charge on any atom is 0.207 e. The van der Waals surface area contributed by atoms with Gasteiger partial charge in [-0.15, -0.1) is 0 Å². The summed E-state index contributed by atoms with van der Waals surface area (Å²) < 4.78 is 0. The smallest absolute Gasteiger partial charge is 0.207 e. The van der Waals surface area contributed by atoms with Crippen molar-refractivity contribution >= 4 is 5.96 Å². The Balaban J connectivity index is 2.92. The Hall–Kier alpha value is -2.80. The Bertz CT molecular complexity index is 508. The van der Waals surface area contributed by atoms with Crippen molar-refractivity contribution in [1.82, 2.24) is 5.32 Å². The van der Waals surface area contributed by atoms with Gasteiger partial charge in [-0.25, -0.2) is 4.99 Å². The van der Waals surface area contributed by atoms with Crippen LogP contribution in [0.4, 0.5) is 0 Å². The first-order chi connectivity index (χ1) is 8.83. The molecule has 0 aromatic carbocycles. The van der Waals surface area contributed by atoms with Gasteiger partial charge in [0, 0.05) is 0 Å². The van der Waals surface area contributed by atoms with E-state index in [1.807, 2.05) is 54.7 Å². The highest BCUT2D eigenvalue weighted by molar-refractivity contribution is 5.80. The largest absolute Gasteiger partial charge is 0.369 e. The zero-order valence-corrected chi connectivity index (χ0v) is 9.82. The lowest BCUT2D eigenvalue weighted by Gasteiger charge is -1.96. The molecule has 3 N–H and O–H groups in total. The van der Waals surface area contributed by atoms with E-state index in [1.165, 1.54) is 0 Å². The molecule has 4 heteroatoms. The third-order valence-corrected chi connectivity index (χ3v) is 1.86. The predicted octanol–water partition coefficient (Wildman–Crippen LogP) is 2.05. The minimum atomic E-state index is 0.0633. The molecule has 0 aliphatic heterocycles. The van der Waals surface area contributed by atoms with Gasteiger partial charge in [-0.3, -0.25) is 5.32 Å². The molecule has 0 bridgehead atoms. The number of nitrogens with one attached hydrogen (secondary N) is 1. The summed E-state index contributed by atoms with van der Waals surface area (Å²) in [5.74, 6) is 0.0633. The highest BCUT2D eigenvalue weighted by atomic mass is 15.1. The van der Waals surface area contributed by atoms with Gasteiger partial charge < -0.3 is 5.73 Å². The van der Waals surface area contributed by atoms with Gasteiger partial charge in [-0.05, 0) is 12.2 Å². The molecule has 0 aromatic rings. The molecule has 0 radical (unpaired) electrons. The lowest BCUT2D eigenvalue weighted by Crippen LogP contribution is -2.27. The zero-order chi connectivity index (χ0) is 13.1. The summed E-state index contributed by atoms with van der Waals surface area (Å²) in [5, 5.41) is 10.7. The molecule has 1 rings (SSSR count). The van der Waals surface area contributed by atoms with E-state index >= 15 is 0 Å². The van der Waals surface area contributed by atoms with Gasteiger partial charge in [0.2, 0.25) is 5.96 Å². The topological polar surface area (TPSA) is 74.2 Å². The molecule has 0 heterocycles. The maximum absolute atomic E-state index is 8.42. The van der Waals surface area contributed by atoms with Gasteiger partial charge in [-0.2, -0.15) is 5.26 Å². The van der Waals surface area contributed by atoms with E-state index in [4.69, 9.17) is 11.0 Å². The van der Waals surface area contributed by atoms with Gasteiger partial charge >= 0.3 is 0 Å². The Labute approximate surface area is 107 Å². The number of hydrogen-bond donors (Lipinski definition) is 2. The van der Waals surface area contributed by atoms with Crippen LogP contribution in [0.5, 0.6) is 0 Å². The molecule has 0 amide bonds. The molecule has 0 saturated carbocycles. The van der Waals surface area contributed by atoms with Gasteiger partial charge in [0.05, 0.1) is 5.70 Å². The quantitative estimate of drug-likeness (QED) is 0.318. The first-order valence-electron chi connectivity index (χ1n) is 5.37. The number of aliphatic imine (C=N–C) groups is 1. The van der Waals surface area contributed by atoms with Gasteiger partial charge in [-0.1, -0.05) is 54.7 Å². The lowest BCUT2D eigenvalue weighted by molar-refractivity contribution is 1.20. The van der Waals surface area contributed by atoms with Crippen LogP contribution in [0.3, 0.4) is 0 Å². The van der Waals surface area contributed by atoms with Crippen LogP contribution in [-0.2, 0) is 0 Å². The average molecular weight is 238 g/mol. The third kappa shape index (κ3) is 5.93. The highest BCUT2D eigenvalue weighted by Gasteiger charge is 1.90. The maximum atomic E-state index is 8.42. The van der Waals surface area contributed by atoms with Crippen molar-refractivity contribution in [3.05, 3.63) is 72.5 Å². The minimum absolute atomic E-state index is 0.0633. The number of allylic oxidation sites excluding steroid dienone is 11. The Kier molecular flexibility index (Phi) is 6.16. The second-order valence-corrected chi connectivity index (χ2v) is 3.22. The van der Waals surface area contributed by atoms with Crippen molar-refractivity contribution in [1.29, 1.82) is 5.26 Å². The normalized spacial score (nSPS) is 22.6. The second-order valence-electron chi connectivity index (χ2n) is 3.22. The average Bonchev–Trinajstić information content (AvgIpc) is 2.33. The molecular weight excluding hydrogens is 224 g/mol.